The van der Waals surface area contributed by atoms with Crippen molar-refractivity contribution in [3.63, 3.8) is 0 Å². The highest BCUT2D eigenvalue weighted by molar-refractivity contribution is 6.09. The summed E-state index contributed by atoms with van der Waals surface area (Å²) in [6.45, 7) is 7.14. The molecule has 0 spiro atoms. The second-order valence-electron chi connectivity index (χ2n) is 7.82. The predicted octanol–water partition coefficient (Wildman–Crippen LogP) is 1.28. The van der Waals surface area contributed by atoms with Crippen LogP contribution in [0.2, 0.25) is 0 Å². The number of ether oxygens (including phenoxy) is 2. The fraction of sp³-hybridized carbons (Fsp3) is 0.500. The van der Waals surface area contributed by atoms with Gasteiger partial charge < -0.3 is 20.1 Å². The topological polar surface area (TPSA) is 121 Å². The summed E-state index contributed by atoms with van der Waals surface area (Å²) in [5.74, 6) is -0.228. The van der Waals surface area contributed by atoms with Crippen molar-refractivity contribution in [3.05, 3.63) is 23.8 Å². The SMILES string of the molecule is CC(C)[C@](C)(C#N)NC(=O)CN1C(=O)N[C@](C)(c2ccc3c(c2)OCCO3)C1=O. The van der Waals surface area contributed by atoms with Crippen molar-refractivity contribution < 1.29 is 23.9 Å². The van der Waals surface area contributed by atoms with Gasteiger partial charge in [0.05, 0.1) is 6.07 Å². The van der Waals surface area contributed by atoms with Crippen molar-refractivity contribution in [3.8, 4) is 17.6 Å². The fourth-order valence-electron chi connectivity index (χ4n) is 3.16. The lowest BCUT2D eigenvalue weighted by atomic mass is 9.90. The van der Waals surface area contributed by atoms with Gasteiger partial charge in [-0.05, 0) is 37.5 Å². The van der Waals surface area contributed by atoms with Crippen molar-refractivity contribution in [1.82, 2.24) is 15.5 Å². The Hall–Kier alpha value is -3.28. The molecule has 1 saturated heterocycles. The molecule has 0 aromatic heterocycles. The molecule has 0 unspecified atom stereocenters. The van der Waals surface area contributed by atoms with Crippen LogP contribution in [0.4, 0.5) is 4.79 Å². The minimum absolute atomic E-state index is 0.150. The number of nitriles is 1. The molecule has 1 fully saturated rings. The monoisotopic (exact) mass is 400 g/mol. The zero-order chi connectivity index (χ0) is 21.4. The number of urea groups is 1. The number of hydrogen-bond donors (Lipinski definition) is 2. The molecule has 0 aliphatic carbocycles. The maximum absolute atomic E-state index is 13.0. The van der Waals surface area contributed by atoms with Gasteiger partial charge in [0.15, 0.2) is 11.5 Å². The Balaban J connectivity index is 1.79. The van der Waals surface area contributed by atoms with Crippen molar-refractivity contribution in [2.45, 2.75) is 38.8 Å². The van der Waals surface area contributed by atoms with Crippen LogP contribution in [0.25, 0.3) is 0 Å². The molecule has 0 radical (unpaired) electrons. The zero-order valence-corrected chi connectivity index (χ0v) is 16.9. The number of benzene rings is 1. The molecule has 0 saturated carbocycles. The molecule has 9 heteroatoms. The van der Waals surface area contributed by atoms with E-state index >= 15 is 0 Å². The average Bonchev–Trinajstić information content (AvgIpc) is 2.91. The molecular formula is C20H24N4O5. The van der Waals surface area contributed by atoms with E-state index in [2.05, 4.69) is 16.7 Å². The van der Waals surface area contributed by atoms with E-state index in [1.54, 1.807) is 45.9 Å². The number of imide groups is 1. The van der Waals surface area contributed by atoms with Crippen LogP contribution in [-0.2, 0) is 15.1 Å². The number of hydrogen-bond acceptors (Lipinski definition) is 6. The largest absolute Gasteiger partial charge is 0.486 e. The van der Waals surface area contributed by atoms with Crippen molar-refractivity contribution in [1.29, 1.82) is 5.26 Å². The van der Waals surface area contributed by atoms with Gasteiger partial charge in [-0.3, -0.25) is 14.5 Å². The Morgan fingerprint density at radius 1 is 1.34 bits per heavy atom. The minimum atomic E-state index is -1.34. The van der Waals surface area contributed by atoms with Gasteiger partial charge in [0, 0.05) is 0 Å². The van der Waals surface area contributed by atoms with Crippen LogP contribution < -0.4 is 20.1 Å². The molecule has 2 heterocycles. The molecule has 29 heavy (non-hydrogen) atoms. The smallest absolute Gasteiger partial charge is 0.325 e. The summed E-state index contributed by atoms with van der Waals surface area (Å²) in [7, 11) is 0. The van der Waals surface area contributed by atoms with Crippen LogP contribution in [0.15, 0.2) is 18.2 Å². The van der Waals surface area contributed by atoms with Gasteiger partial charge in [0.2, 0.25) is 5.91 Å². The number of carbonyl (C=O) groups is 3. The number of rotatable bonds is 5. The molecule has 1 aromatic rings. The molecule has 2 aliphatic heterocycles. The average molecular weight is 400 g/mol. The molecule has 154 valence electrons. The Kier molecular flexibility index (Phi) is 5.13. The minimum Gasteiger partial charge on any atom is -0.486 e. The van der Waals surface area contributed by atoms with E-state index in [0.29, 0.717) is 30.3 Å². The lowest BCUT2D eigenvalue weighted by Crippen LogP contribution is -2.52. The summed E-state index contributed by atoms with van der Waals surface area (Å²) in [5, 5.41) is 14.6. The number of fused-ring (bicyclic) bond motifs is 1. The first-order valence-electron chi connectivity index (χ1n) is 9.37. The number of nitrogens with zero attached hydrogens (tertiary/aromatic N) is 2. The maximum atomic E-state index is 13.0. The van der Waals surface area contributed by atoms with Crippen LogP contribution in [0, 0.1) is 17.2 Å². The van der Waals surface area contributed by atoms with Gasteiger partial charge in [-0.2, -0.15) is 5.26 Å². The molecule has 9 nitrogen and oxygen atoms in total. The predicted molar refractivity (Wildman–Crippen MR) is 102 cm³/mol. The lowest BCUT2D eigenvalue weighted by Gasteiger charge is -2.28. The third-order valence-electron chi connectivity index (χ3n) is 5.48. The summed E-state index contributed by atoms with van der Waals surface area (Å²) >= 11 is 0. The molecular weight excluding hydrogens is 376 g/mol. The van der Waals surface area contributed by atoms with Gasteiger partial charge in [-0.15, -0.1) is 0 Å². The van der Waals surface area contributed by atoms with Crippen LogP contribution >= 0.6 is 0 Å². The number of carbonyl (C=O) groups excluding carboxylic acids is 3. The van der Waals surface area contributed by atoms with E-state index < -0.39 is 35.5 Å². The van der Waals surface area contributed by atoms with Gasteiger partial charge in [-0.25, -0.2) is 4.79 Å². The van der Waals surface area contributed by atoms with E-state index in [4.69, 9.17) is 9.47 Å². The molecule has 2 atom stereocenters. The van der Waals surface area contributed by atoms with E-state index in [-0.39, 0.29) is 5.92 Å². The molecule has 4 amide bonds. The van der Waals surface area contributed by atoms with Crippen molar-refractivity contribution in [2.75, 3.05) is 19.8 Å². The summed E-state index contributed by atoms with van der Waals surface area (Å²) in [5.41, 5.74) is -1.92. The second-order valence-corrected chi connectivity index (χ2v) is 7.82. The van der Waals surface area contributed by atoms with Crippen LogP contribution in [-0.4, -0.2) is 48.0 Å². The van der Waals surface area contributed by atoms with E-state index in [9.17, 15) is 19.6 Å². The van der Waals surface area contributed by atoms with Gasteiger partial charge >= 0.3 is 6.03 Å². The Bertz CT molecular complexity index is 909. The Labute approximate surface area is 168 Å². The molecule has 0 bridgehead atoms. The highest BCUT2D eigenvalue weighted by Gasteiger charge is 2.50. The van der Waals surface area contributed by atoms with Crippen molar-refractivity contribution >= 4 is 17.8 Å². The summed E-state index contributed by atoms with van der Waals surface area (Å²) in [6.07, 6.45) is 0. The van der Waals surface area contributed by atoms with E-state index in [1.807, 2.05) is 0 Å². The first kappa shape index (κ1) is 20.5. The maximum Gasteiger partial charge on any atom is 0.325 e. The third-order valence-corrected chi connectivity index (χ3v) is 5.48. The Morgan fingerprint density at radius 3 is 2.62 bits per heavy atom. The molecule has 2 N–H and O–H groups in total. The van der Waals surface area contributed by atoms with Crippen LogP contribution in [0.3, 0.4) is 0 Å². The van der Waals surface area contributed by atoms with Crippen molar-refractivity contribution in [2.24, 2.45) is 5.92 Å². The lowest BCUT2D eigenvalue weighted by molar-refractivity contribution is -0.135. The number of nitrogens with one attached hydrogen (secondary N) is 2. The van der Waals surface area contributed by atoms with Gasteiger partial charge in [0.25, 0.3) is 5.91 Å². The highest BCUT2D eigenvalue weighted by Crippen LogP contribution is 2.36. The standard InChI is InChI=1S/C20H24N4O5/c1-12(2)19(3,11-21)22-16(25)10-24-17(26)20(4,23-18(24)27)13-5-6-14-15(9-13)29-8-7-28-14/h5-6,9,12H,7-8,10H2,1-4H3,(H,22,25)(H,23,27)/t19-,20+/m0/s1. The quantitative estimate of drug-likeness (QED) is 0.718. The zero-order valence-electron chi connectivity index (χ0n) is 16.9. The summed E-state index contributed by atoms with van der Waals surface area (Å²) in [4.78, 5) is 38.8. The second kappa shape index (κ2) is 7.28. The van der Waals surface area contributed by atoms with Crippen LogP contribution in [0.1, 0.15) is 33.3 Å². The Morgan fingerprint density at radius 2 is 2.00 bits per heavy atom. The highest BCUT2D eigenvalue weighted by atomic mass is 16.6. The molecule has 3 rings (SSSR count). The van der Waals surface area contributed by atoms with Gasteiger partial charge in [0.1, 0.15) is 30.8 Å². The van der Waals surface area contributed by atoms with E-state index in [1.165, 1.54) is 0 Å². The summed E-state index contributed by atoms with van der Waals surface area (Å²) in [6, 6.07) is 6.41. The molecule has 1 aromatic carbocycles. The summed E-state index contributed by atoms with van der Waals surface area (Å²) < 4.78 is 11.0. The first-order chi connectivity index (χ1) is 13.6. The van der Waals surface area contributed by atoms with Gasteiger partial charge in [-0.1, -0.05) is 19.9 Å². The third kappa shape index (κ3) is 3.58. The number of amides is 4. The van der Waals surface area contributed by atoms with Crippen LogP contribution in [0.5, 0.6) is 11.5 Å². The van der Waals surface area contributed by atoms with E-state index in [0.717, 1.165) is 4.90 Å². The normalized spacial score (nSPS) is 22.7. The first-order valence-corrected chi connectivity index (χ1v) is 9.37. The fourth-order valence-corrected chi connectivity index (χ4v) is 3.16. The molecule has 2 aliphatic rings.